The first kappa shape index (κ1) is 14.9. The Bertz CT molecular complexity index is 571. The molecule has 0 aliphatic heterocycles. The molecule has 1 atom stereocenters. The van der Waals surface area contributed by atoms with Gasteiger partial charge in [-0.25, -0.2) is 4.98 Å². The Hall–Kier alpha value is -1.53. The van der Waals surface area contributed by atoms with Crippen molar-refractivity contribution in [1.29, 1.82) is 0 Å². The van der Waals surface area contributed by atoms with E-state index >= 15 is 0 Å². The van der Waals surface area contributed by atoms with E-state index < -0.39 is 0 Å². The Morgan fingerprint density at radius 1 is 1.35 bits per heavy atom. The van der Waals surface area contributed by atoms with Crippen LogP contribution in [0.5, 0.6) is 5.75 Å². The van der Waals surface area contributed by atoms with Crippen molar-refractivity contribution in [2.45, 2.75) is 13.0 Å². The van der Waals surface area contributed by atoms with Crippen molar-refractivity contribution in [3.63, 3.8) is 0 Å². The van der Waals surface area contributed by atoms with Crippen LogP contribution < -0.4 is 10.1 Å². The molecule has 108 valence electrons. The molecule has 6 heteroatoms. The number of aromatic nitrogens is 2. The lowest BCUT2D eigenvalue weighted by molar-refractivity contribution is 0.163. The quantitative estimate of drug-likeness (QED) is 0.873. The van der Waals surface area contributed by atoms with Gasteiger partial charge in [0, 0.05) is 35.7 Å². The van der Waals surface area contributed by atoms with Crippen molar-refractivity contribution in [2.75, 3.05) is 26.1 Å². The molecular formula is C14H18BrN3O2. The van der Waals surface area contributed by atoms with E-state index in [0.29, 0.717) is 6.61 Å². The number of hydrogen-bond acceptors (Lipinski definition) is 4. The number of anilines is 2. The van der Waals surface area contributed by atoms with Gasteiger partial charge in [-0.05, 0) is 19.1 Å². The number of nitrogens with one attached hydrogen (secondary N) is 1. The standard InChI is InChI=1S/C14H18BrN3O2/c1-10(9-19-2)18-5-4-16-14(18)17-12-6-11(15)7-13(8-12)20-3/h4-8,10H,9H2,1-3H3,(H,16,17). The van der Waals surface area contributed by atoms with Gasteiger partial charge in [-0.15, -0.1) is 0 Å². The van der Waals surface area contributed by atoms with E-state index in [1.807, 2.05) is 29.0 Å². The number of nitrogens with zero attached hydrogens (tertiary/aromatic N) is 2. The number of methoxy groups -OCH3 is 2. The SMILES string of the molecule is COCC(C)n1ccnc1Nc1cc(Br)cc(OC)c1. The van der Waals surface area contributed by atoms with Crippen LogP contribution in [0.15, 0.2) is 35.1 Å². The molecule has 2 rings (SSSR count). The van der Waals surface area contributed by atoms with Crippen LogP contribution >= 0.6 is 15.9 Å². The van der Waals surface area contributed by atoms with Crippen molar-refractivity contribution in [2.24, 2.45) is 0 Å². The maximum atomic E-state index is 5.25. The van der Waals surface area contributed by atoms with Gasteiger partial charge in [0.25, 0.3) is 0 Å². The van der Waals surface area contributed by atoms with Crippen LogP contribution in [0.4, 0.5) is 11.6 Å². The Labute approximate surface area is 127 Å². The molecule has 0 aliphatic carbocycles. The monoisotopic (exact) mass is 339 g/mol. The first-order valence-electron chi connectivity index (χ1n) is 6.27. The maximum Gasteiger partial charge on any atom is 0.207 e. The van der Waals surface area contributed by atoms with Crippen LogP contribution in [0.25, 0.3) is 0 Å². The molecule has 0 spiro atoms. The Morgan fingerprint density at radius 3 is 2.85 bits per heavy atom. The molecule has 0 amide bonds. The number of benzene rings is 1. The Balaban J connectivity index is 2.22. The molecule has 20 heavy (non-hydrogen) atoms. The first-order chi connectivity index (χ1) is 9.63. The molecule has 0 fully saturated rings. The molecule has 0 aliphatic rings. The van der Waals surface area contributed by atoms with Gasteiger partial charge in [-0.1, -0.05) is 15.9 Å². The van der Waals surface area contributed by atoms with Crippen molar-refractivity contribution in [3.05, 3.63) is 35.1 Å². The summed E-state index contributed by atoms with van der Waals surface area (Å²) in [7, 11) is 3.34. The minimum Gasteiger partial charge on any atom is -0.497 e. The second-order valence-electron chi connectivity index (χ2n) is 4.47. The highest BCUT2D eigenvalue weighted by Crippen LogP contribution is 2.27. The number of halogens is 1. The fourth-order valence-electron chi connectivity index (χ4n) is 1.97. The van der Waals surface area contributed by atoms with Crippen molar-refractivity contribution >= 4 is 27.6 Å². The molecule has 0 radical (unpaired) electrons. The summed E-state index contributed by atoms with van der Waals surface area (Å²) in [6.45, 7) is 2.71. The van der Waals surface area contributed by atoms with Gasteiger partial charge in [0.05, 0.1) is 19.8 Å². The largest absolute Gasteiger partial charge is 0.497 e. The molecule has 1 unspecified atom stereocenters. The average molecular weight is 340 g/mol. The van der Waals surface area contributed by atoms with Gasteiger partial charge in [0.2, 0.25) is 5.95 Å². The summed E-state index contributed by atoms with van der Waals surface area (Å²) in [4.78, 5) is 4.34. The van der Waals surface area contributed by atoms with Gasteiger partial charge in [0.1, 0.15) is 5.75 Å². The van der Waals surface area contributed by atoms with Crippen molar-refractivity contribution in [3.8, 4) is 5.75 Å². The van der Waals surface area contributed by atoms with Crippen LogP contribution in [-0.4, -0.2) is 30.4 Å². The van der Waals surface area contributed by atoms with Crippen LogP contribution in [-0.2, 0) is 4.74 Å². The third-order valence-electron chi connectivity index (χ3n) is 2.91. The lowest BCUT2D eigenvalue weighted by atomic mass is 10.3. The van der Waals surface area contributed by atoms with E-state index in [0.717, 1.165) is 21.9 Å². The molecule has 0 bridgehead atoms. The zero-order valence-electron chi connectivity index (χ0n) is 11.8. The number of imidazole rings is 1. The highest BCUT2D eigenvalue weighted by atomic mass is 79.9. The molecule has 0 saturated carbocycles. The summed E-state index contributed by atoms with van der Waals surface area (Å²) in [5.74, 6) is 1.56. The highest BCUT2D eigenvalue weighted by molar-refractivity contribution is 9.10. The second kappa shape index (κ2) is 6.76. The summed E-state index contributed by atoms with van der Waals surface area (Å²) in [6, 6.07) is 6.01. The molecular weight excluding hydrogens is 322 g/mol. The van der Waals surface area contributed by atoms with Crippen LogP contribution in [0.3, 0.4) is 0 Å². The van der Waals surface area contributed by atoms with Gasteiger partial charge in [-0.2, -0.15) is 0 Å². The van der Waals surface area contributed by atoms with E-state index in [9.17, 15) is 0 Å². The van der Waals surface area contributed by atoms with Crippen molar-refractivity contribution in [1.82, 2.24) is 9.55 Å². The Kier molecular flexibility index (Phi) is 5.03. The fourth-order valence-corrected chi connectivity index (χ4v) is 2.44. The first-order valence-corrected chi connectivity index (χ1v) is 7.06. The summed E-state index contributed by atoms with van der Waals surface area (Å²) < 4.78 is 13.4. The molecule has 1 N–H and O–H groups in total. The summed E-state index contributed by atoms with van der Waals surface area (Å²) in [5.41, 5.74) is 0.910. The zero-order chi connectivity index (χ0) is 14.5. The second-order valence-corrected chi connectivity index (χ2v) is 5.38. The minimum absolute atomic E-state index is 0.207. The zero-order valence-corrected chi connectivity index (χ0v) is 13.3. The molecule has 1 heterocycles. The van der Waals surface area contributed by atoms with E-state index in [1.165, 1.54) is 0 Å². The molecule has 1 aromatic heterocycles. The number of hydrogen-bond donors (Lipinski definition) is 1. The third-order valence-corrected chi connectivity index (χ3v) is 3.37. The maximum absolute atomic E-state index is 5.25. The minimum atomic E-state index is 0.207. The average Bonchev–Trinajstić information content (AvgIpc) is 2.86. The van der Waals surface area contributed by atoms with E-state index in [4.69, 9.17) is 9.47 Å². The van der Waals surface area contributed by atoms with Gasteiger partial charge < -0.3 is 19.4 Å². The topological polar surface area (TPSA) is 48.3 Å². The summed E-state index contributed by atoms with van der Waals surface area (Å²) in [5, 5.41) is 3.29. The van der Waals surface area contributed by atoms with E-state index in [-0.39, 0.29) is 6.04 Å². The van der Waals surface area contributed by atoms with Crippen LogP contribution in [0.2, 0.25) is 0 Å². The van der Waals surface area contributed by atoms with Crippen LogP contribution in [0, 0.1) is 0 Å². The summed E-state index contributed by atoms with van der Waals surface area (Å²) in [6.07, 6.45) is 3.70. The molecule has 2 aromatic rings. The number of rotatable bonds is 6. The lowest BCUT2D eigenvalue weighted by Gasteiger charge is -2.16. The van der Waals surface area contributed by atoms with Gasteiger partial charge in [-0.3, -0.25) is 0 Å². The van der Waals surface area contributed by atoms with Crippen LogP contribution in [0.1, 0.15) is 13.0 Å². The summed E-state index contributed by atoms with van der Waals surface area (Å²) >= 11 is 3.46. The number of ether oxygens (including phenoxy) is 2. The Morgan fingerprint density at radius 2 is 2.15 bits per heavy atom. The third kappa shape index (κ3) is 3.52. The van der Waals surface area contributed by atoms with Gasteiger partial charge >= 0.3 is 0 Å². The smallest absolute Gasteiger partial charge is 0.207 e. The predicted octanol–water partition coefficient (Wildman–Crippen LogP) is 3.61. The molecule has 0 saturated heterocycles. The molecule has 1 aromatic carbocycles. The normalized spacial score (nSPS) is 12.2. The fraction of sp³-hybridized carbons (Fsp3) is 0.357. The van der Waals surface area contributed by atoms with E-state index in [2.05, 4.69) is 33.2 Å². The lowest BCUT2D eigenvalue weighted by Crippen LogP contribution is -2.12. The predicted molar refractivity (Wildman–Crippen MR) is 82.8 cm³/mol. The van der Waals surface area contributed by atoms with Crippen molar-refractivity contribution < 1.29 is 9.47 Å². The van der Waals surface area contributed by atoms with E-state index in [1.54, 1.807) is 20.4 Å². The van der Waals surface area contributed by atoms with Gasteiger partial charge in [0.15, 0.2) is 0 Å². The highest BCUT2D eigenvalue weighted by Gasteiger charge is 2.10. The molecule has 5 nitrogen and oxygen atoms in total.